The summed E-state index contributed by atoms with van der Waals surface area (Å²) in [5.41, 5.74) is 0.634. The number of hydrogen-bond acceptors (Lipinski definition) is 2. The smallest absolute Gasteiger partial charge is 0.241 e. The molecule has 0 aromatic heterocycles. The number of anilines is 1. The fourth-order valence-corrected chi connectivity index (χ4v) is 1.67. The number of benzene rings is 1. The van der Waals surface area contributed by atoms with Gasteiger partial charge in [-0.15, -0.1) is 0 Å². The molecule has 0 saturated carbocycles. The lowest BCUT2D eigenvalue weighted by molar-refractivity contribution is -0.117. The fraction of sp³-hybridized carbons (Fsp3) is 0.364. The minimum absolute atomic E-state index is 0.0425. The van der Waals surface area contributed by atoms with Crippen LogP contribution in [-0.2, 0) is 4.79 Å². The van der Waals surface area contributed by atoms with Gasteiger partial charge in [0.15, 0.2) is 0 Å². The van der Waals surface area contributed by atoms with Crippen LogP contribution in [0, 0.1) is 5.82 Å². The lowest BCUT2D eigenvalue weighted by atomic mass is 10.2. The van der Waals surface area contributed by atoms with E-state index in [0.29, 0.717) is 5.69 Å². The summed E-state index contributed by atoms with van der Waals surface area (Å²) in [5.74, 6) is -0.342. The molecule has 1 saturated heterocycles. The predicted octanol–water partition coefficient (Wildman–Crippen LogP) is 1.52. The molecule has 1 amide bonds. The third-order valence-electron chi connectivity index (χ3n) is 2.49. The normalized spacial score (nSPS) is 20.2. The molecule has 0 aliphatic carbocycles. The van der Waals surface area contributed by atoms with E-state index in [1.807, 2.05) is 0 Å². The highest BCUT2D eigenvalue weighted by molar-refractivity contribution is 5.94. The van der Waals surface area contributed by atoms with E-state index in [4.69, 9.17) is 0 Å². The van der Waals surface area contributed by atoms with Gasteiger partial charge >= 0.3 is 0 Å². The van der Waals surface area contributed by atoms with Crippen molar-refractivity contribution in [3.63, 3.8) is 0 Å². The first kappa shape index (κ1) is 10.1. The molecule has 2 N–H and O–H groups in total. The van der Waals surface area contributed by atoms with Gasteiger partial charge in [-0.25, -0.2) is 4.39 Å². The van der Waals surface area contributed by atoms with Gasteiger partial charge in [0, 0.05) is 5.69 Å². The zero-order valence-corrected chi connectivity index (χ0v) is 8.29. The fourth-order valence-electron chi connectivity index (χ4n) is 1.67. The molecule has 4 heteroatoms. The van der Waals surface area contributed by atoms with Gasteiger partial charge < -0.3 is 10.6 Å². The maximum absolute atomic E-state index is 12.6. The van der Waals surface area contributed by atoms with Crippen molar-refractivity contribution in [3.8, 4) is 0 Å². The average molecular weight is 208 g/mol. The lowest BCUT2D eigenvalue weighted by Gasteiger charge is -2.10. The van der Waals surface area contributed by atoms with Gasteiger partial charge in [0.2, 0.25) is 5.91 Å². The second kappa shape index (κ2) is 4.40. The van der Waals surface area contributed by atoms with Crippen molar-refractivity contribution >= 4 is 11.6 Å². The van der Waals surface area contributed by atoms with Gasteiger partial charge in [-0.1, -0.05) is 0 Å². The minimum Gasteiger partial charge on any atom is -0.325 e. The predicted molar refractivity (Wildman–Crippen MR) is 56.1 cm³/mol. The van der Waals surface area contributed by atoms with Gasteiger partial charge in [-0.2, -0.15) is 0 Å². The Morgan fingerprint density at radius 2 is 2.13 bits per heavy atom. The van der Waals surface area contributed by atoms with Crippen LogP contribution in [0.3, 0.4) is 0 Å². The molecule has 15 heavy (non-hydrogen) atoms. The summed E-state index contributed by atoms with van der Waals surface area (Å²) in [4.78, 5) is 11.6. The Labute approximate surface area is 87.7 Å². The van der Waals surface area contributed by atoms with Gasteiger partial charge in [-0.05, 0) is 43.7 Å². The molecule has 0 bridgehead atoms. The Hall–Kier alpha value is -1.42. The molecule has 1 atom stereocenters. The van der Waals surface area contributed by atoms with Crippen LogP contribution >= 0.6 is 0 Å². The third kappa shape index (κ3) is 2.53. The van der Waals surface area contributed by atoms with Crippen LogP contribution in [0.1, 0.15) is 12.8 Å². The Morgan fingerprint density at radius 3 is 2.73 bits per heavy atom. The summed E-state index contributed by atoms with van der Waals surface area (Å²) in [7, 11) is 0. The summed E-state index contributed by atoms with van der Waals surface area (Å²) in [6.07, 6.45) is 1.90. The molecule has 80 valence electrons. The second-order valence-electron chi connectivity index (χ2n) is 3.65. The van der Waals surface area contributed by atoms with Gasteiger partial charge in [0.05, 0.1) is 6.04 Å². The van der Waals surface area contributed by atoms with Crippen LogP contribution in [0.2, 0.25) is 0 Å². The zero-order chi connectivity index (χ0) is 10.7. The summed E-state index contributed by atoms with van der Waals surface area (Å²) < 4.78 is 12.6. The SMILES string of the molecule is O=C(Nc1ccc(F)cc1)[C@H]1CCCN1. The number of hydrogen-bond donors (Lipinski definition) is 2. The third-order valence-corrected chi connectivity index (χ3v) is 2.49. The number of carbonyl (C=O) groups excluding carboxylic acids is 1. The van der Waals surface area contributed by atoms with Crippen LogP contribution in [0.4, 0.5) is 10.1 Å². The Morgan fingerprint density at radius 1 is 1.40 bits per heavy atom. The number of halogens is 1. The molecule has 0 unspecified atom stereocenters. The first-order valence-electron chi connectivity index (χ1n) is 5.05. The number of amides is 1. The molecular formula is C11H13FN2O. The molecule has 3 nitrogen and oxygen atoms in total. The standard InChI is InChI=1S/C11H13FN2O/c12-8-3-5-9(6-4-8)14-11(15)10-2-1-7-13-10/h3-6,10,13H,1-2,7H2,(H,14,15)/t10-/m1/s1. The molecule has 1 aromatic carbocycles. The molecule has 0 spiro atoms. The Kier molecular flexibility index (Phi) is 2.97. The Bertz CT molecular complexity index is 344. The summed E-state index contributed by atoms with van der Waals surface area (Å²) >= 11 is 0. The molecule has 1 heterocycles. The highest BCUT2D eigenvalue weighted by Gasteiger charge is 2.21. The van der Waals surface area contributed by atoms with Crippen molar-refractivity contribution in [1.82, 2.24) is 5.32 Å². The quantitative estimate of drug-likeness (QED) is 0.773. The first-order chi connectivity index (χ1) is 7.25. The van der Waals surface area contributed by atoms with E-state index in [0.717, 1.165) is 19.4 Å². The van der Waals surface area contributed by atoms with Crippen molar-refractivity contribution < 1.29 is 9.18 Å². The Balaban J connectivity index is 1.96. The van der Waals surface area contributed by atoms with Crippen molar-refractivity contribution in [2.75, 3.05) is 11.9 Å². The molecule has 2 rings (SSSR count). The topological polar surface area (TPSA) is 41.1 Å². The van der Waals surface area contributed by atoms with Crippen molar-refractivity contribution in [2.24, 2.45) is 0 Å². The van der Waals surface area contributed by atoms with E-state index in [-0.39, 0.29) is 17.8 Å². The average Bonchev–Trinajstić information content (AvgIpc) is 2.74. The maximum Gasteiger partial charge on any atom is 0.241 e. The van der Waals surface area contributed by atoms with Crippen molar-refractivity contribution in [3.05, 3.63) is 30.1 Å². The largest absolute Gasteiger partial charge is 0.325 e. The van der Waals surface area contributed by atoms with E-state index in [1.165, 1.54) is 12.1 Å². The van der Waals surface area contributed by atoms with Crippen LogP contribution in [0.25, 0.3) is 0 Å². The molecule has 1 aromatic rings. The summed E-state index contributed by atoms with van der Waals surface area (Å²) in [6.45, 7) is 0.890. The second-order valence-corrected chi connectivity index (χ2v) is 3.65. The van der Waals surface area contributed by atoms with Crippen LogP contribution in [0.15, 0.2) is 24.3 Å². The molecule has 1 aliphatic rings. The first-order valence-corrected chi connectivity index (χ1v) is 5.05. The van der Waals surface area contributed by atoms with Gasteiger partial charge in [0.25, 0.3) is 0 Å². The minimum atomic E-state index is -0.299. The zero-order valence-electron chi connectivity index (χ0n) is 8.29. The van der Waals surface area contributed by atoms with Crippen LogP contribution in [0.5, 0.6) is 0 Å². The molecule has 1 aliphatic heterocycles. The highest BCUT2D eigenvalue weighted by Crippen LogP contribution is 2.11. The number of carbonyl (C=O) groups is 1. The molecular weight excluding hydrogens is 195 g/mol. The van der Waals surface area contributed by atoms with Crippen molar-refractivity contribution in [2.45, 2.75) is 18.9 Å². The maximum atomic E-state index is 12.6. The summed E-state index contributed by atoms with van der Waals surface area (Å²) in [5, 5.41) is 5.84. The van der Waals surface area contributed by atoms with E-state index < -0.39 is 0 Å². The summed E-state index contributed by atoms with van der Waals surface area (Å²) in [6, 6.07) is 5.68. The van der Waals surface area contributed by atoms with Gasteiger partial charge in [-0.3, -0.25) is 4.79 Å². The monoisotopic (exact) mass is 208 g/mol. The van der Waals surface area contributed by atoms with E-state index >= 15 is 0 Å². The van der Waals surface area contributed by atoms with Gasteiger partial charge in [0.1, 0.15) is 5.82 Å². The van der Waals surface area contributed by atoms with E-state index in [9.17, 15) is 9.18 Å². The number of rotatable bonds is 2. The number of nitrogens with one attached hydrogen (secondary N) is 2. The van der Waals surface area contributed by atoms with Crippen LogP contribution in [-0.4, -0.2) is 18.5 Å². The molecule has 0 radical (unpaired) electrons. The highest BCUT2D eigenvalue weighted by atomic mass is 19.1. The lowest BCUT2D eigenvalue weighted by Crippen LogP contribution is -2.35. The van der Waals surface area contributed by atoms with Crippen molar-refractivity contribution in [1.29, 1.82) is 0 Å². The molecule has 1 fully saturated rings. The van der Waals surface area contributed by atoms with E-state index in [1.54, 1.807) is 12.1 Å². The van der Waals surface area contributed by atoms with Crippen LogP contribution < -0.4 is 10.6 Å². The van der Waals surface area contributed by atoms with E-state index in [2.05, 4.69) is 10.6 Å².